The van der Waals surface area contributed by atoms with Crippen LogP contribution >= 0.6 is 0 Å². The van der Waals surface area contributed by atoms with Gasteiger partial charge in [0.25, 0.3) is 11.8 Å². The van der Waals surface area contributed by atoms with Gasteiger partial charge in [0.05, 0.1) is 23.9 Å². The molecule has 0 aromatic heterocycles. The summed E-state index contributed by atoms with van der Waals surface area (Å²) in [6.45, 7) is 0. The van der Waals surface area contributed by atoms with E-state index in [2.05, 4.69) is 5.32 Å². The van der Waals surface area contributed by atoms with Gasteiger partial charge in [-0.1, -0.05) is 18.2 Å². The summed E-state index contributed by atoms with van der Waals surface area (Å²) in [5.41, 5.74) is 12.2. The van der Waals surface area contributed by atoms with E-state index in [0.29, 0.717) is 5.69 Å². The number of nitrogen functional groups attached to an aromatic ring is 1. The molecule has 0 aliphatic carbocycles. The van der Waals surface area contributed by atoms with E-state index in [9.17, 15) is 9.59 Å². The Hall–Kier alpha value is -3.02. The number of nitrogens with two attached hydrogens (primary N) is 2. The second-order valence-electron chi connectivity index (χ2n) is 4.29. The van der Waals surface area contributed by atoms with Crippen molar-refractivity contribution in [2.75, 3.05) is 18.2 Å². The minimum absolute atomic E-state index is 0.0715. The molecule has 5 N–H and O–H groups in total. The number of methoxy groups -OCH3 is 1. The summed E-state index contributed by atoms with van der Waals surface area (Å²) in [5.74, 6) is -0.968. The lowest BCUT2D eigenvalue weighted by molar-refractivity contribution is 0.0992. The maximum absolute atomic E-state index is 12.2. The molecule has 2 aromatic rings. The minimum Gasteiger partial charge on any atom is -0.494 e. The van der Waals surface area contributed by atoms with Crippen LogP contribution in [-0.2, 0) is 0 Å². The lowest BCUT2D eigenvalue weighted by atomic mass is 10.1. The molecule has 0 aliphatic heterocycles. The summed E-state index contributed by atoms with van der Waals surface area (Å²) in [5, 5.41) is 2.71. The topological polar surface area (TPSA) is 107 Å². The van der Waals surface area contributed by atoms with E-state index in [1.807, 2.05) is 6.07 Å². The number of anilines is 2. The van der Waals surface area contributed by atoms with Crippen molar-refractivity contribution >= 4 is 23.2 Å². The van der Waals surface area contributed by atoms with Crippen molar-refractivity contribution in [3.63, 3.8) is 0 Å². The number of ether oxygens (including phenoxy) is 1. The van der Waals surface area contributed by atoms with Gasteiger partial charge >= 0.3 is 0 Å². The van der Waals surface area contributed by atoms with Crippen LogP contribution in [0.3, 0.4) is 0 Å². The number of primary amides is 1. The van der Waals surface area contributed by atoms with Crippen molar-refractivity contribution in [1.82, 2.24) is 0 Å². The van der Waals surface area contributed by atoms with Gasteiger partial charge in [0.2, 0.25) is 0 Å². The highest BCUT2D eigenvalue weighted by Crippen LogP contribution is 2.30. The van der Waals surface area contributed by atoms with Crippen molar-refractivity contribution in [3.05, 3.63) is 53.6 Å². The van der Waals surface area contributed by atoms with Crippen LogP contribution < -0.4 is 21.5 Å². The number of hydrogen-bond donors (Lipinski definition) is 3. The number of rotatable bonds is 4. The zero-order chi connectivity index (χ0) is 15.4. The zero-order valence-electron chi connectivity index (χ0n) is 11.4. The Morgan fingerprint density at radius 3 is 2.24 bits per heavy atom. The van der Waals surface area contributed by atoms with E-state index >= 15 is 0 Å². The number of benzene rings is 2. The monoisotopic (exact) mass is 285 g/mol. The highest BCUT2D eigenvalue weighted by atomic mass is 16.5. The van der Waals surface area contributed by atoms with Crippen LogP contribution in [0.15, 0.2) is 42.5 Å². The van der Waals surface area contributed by atoms with Gasteiger partial charge in [-0.05, 0) is 24.3 Å². The average Bonchev–Trinajstić information content (AvgIpc) is 2.47. The molecule has 2 rings (SSSR count). The number of carbonyl (C=O) groups excluding carboxylic acids is 2. The van der Waals surface area contributed by atoms with Crippen molar-refractivity contribution in [2.24, 2.45) is 5.73 Å². The summed E-state index contributed by atoms with van der Waals surface area (Å²) in [4.78, 5) is 23.5. The Kier molecular flexibility index (Phi) is 4.08. The van der Waals surface area contributed by atoms with Crippen LogP contribution in [0, 0.1) is 0 Å². The largest absolute Gasteiger partial charge is 0.494 e. The molecule has 0 saturated heterocycles. The quantitative estimate of drug-likeness (QED) is 0.742. The first-order valence-corrected chi connectivity index (χ1v) is 6.17. The first kappa shape index (κ1) is 14.4. The lowest BCUT2D eigenvalue weighted by Crippen LogP contribution is -2.18. The predicted molar refractivity (Wildman–Crippen MR) is 80.3 cm³/mol. The lowest BCUT2D eigenvalue weighted by Gasteiger charge is -2.13. The van der Waals surface area contributed by atoms with Crippen molar-refractivity contribution in [3.8, 4) is 5.75 Å². The second-order valence-corrected chi connectivity index (χ2v) is 4.29. The van der Waals surface area contributed by atoms with Gasteiger partial charge < -0.3 is 21.5 Å². The molecule has 0 unspecified atom stereocenters. The summed E-state index contributed by atoms with van der Waals surface area (Å²) in [7, 11) is 1.36. The maximum atomic E-state index is 12.2. The molecule has 2 amide bonds. The van der Waals surface area contributed by atoms with Crippen LogP contribution in [0.2, 0.25) is 0 Å². The molecule has 21 heavy (non-hydrogen) atoms. The molecular formula is C15H15N3O3. The fourth-order valence-corrected chi connectivity index (χ4v) is 1.93. The van der Waals surface area contributed by atoms with Crippen LogP contribution in [-0.4, -0.2) is 18.9 Å². The first-order valence-electron chi connectivity index (χ1n) is 6.17. The Labute approximate surface area is 121 Å². The summed E-state index contributed by atoms with van der Waals surface area (Å²) in [6, 6.07) is 11.8. The van der Waals surface area contributed by atoms with Gasteiger partial charge in [-0.15, -0.1) is 0 Å². The van der Waals surface area contributed by atoms with Crippen LogP contribution in [0.5, 0.6) is 5.75 Å². The smallest absolute Gasteiger partial charge is 0.257 e. The molecule has 6 nitrogen and oxygen atoms in total. The normalized spacial score (nSPS) is 9.95. The fourth-order valence-electron chi connectivity index (χ4n) is 1.93. The number of para-hydroxylation sites is 1. The number of nitrogens with one attached hydrogen (secondary N) is 1. The SMILES string of the molecule is COc1c(C(N)=O)ccc(C(=O)Nc2ccccc2)c1N. The summed E-state index contributed by atoms with van der Waals surface area (Å²) >= 11 is 0. The fraction of sp³-hybridized carbons (Fsp3) is 0.0667. The molecule has 6 heteroatoms. The third-order valence-corrected chi connectivity index (χ3v) is 2.94. The second kappa shape index (κ2) is 5.96. The van der Waals surface area contributed by atoms with Crippen molar-refractivity contribution in [1.29, 1.82) is 0 Å². The third kappa shape index (κ3) is 2.94. The molecule has 0 aliphatic rings. The predicted octanol–water partition coefficient (Wildman–Crippen LogP) is 1.63. The Balaban J connectivity index is 2.36. The van der Waals surface area contributed by atoms with Gasteiger partial charge in [-0.25, -0.2) is 0 Å². The number of carbonyl (C=O) groups is 2. The standard InChI is InChI=1S/C15H15N3O3/c1-21-13-11(14(17)19)8-7-10(12(13)16)15(20)18-9-5-3-2-4-6-9/h2-8H,16H2,1H3,(H2,17,19)(H,18,20). The van der Waals surface area contributed by atoms with E-state index in [4.69, 9.17) is 16.2 Å². The molecule has 0 fully saturated rings. The van der Waals surface area contributed by atoms with Gasteiger partial charge in [0.1, 0.15) is 0 Å². The molecule has 2 aromatic carbocycles. The van der Waals surface area contributed by atoms with E-state index in [0.717, 1.165) is 0 Å². The van der Waals surface area contributed by atoms with E-state index in [1.165, 1.54) is 19.2 Å². The molecule has 108 valence electrons. The Bertz CT molecular complexity index is 684. The van der Waals surface area contributed by atoms with Gasteiger partial charge in [-0.3, -0.25) is 9.59 Å². The summed E-state index contributed by atoms with van der Waals surface area (Å²) < 4.78 is 5.07. The van der Waals surface area contributed by atoms with Crippen LogP contribution in [0.1, 0.15) is 20.7 Å². The minimum atomic E-state index is -0.673. The highest BCUT2D eigenvalue weighted by Gasteiger charge is 2.19. The summed E-state index contributed by atoms with van der Waals surface area (Å²) in [6.07, 6.45) is 0. The average molecular weight is 285 g/mol. The molecule has 0 spiro atoms. The molecule has 0 saturated carbocycles. The van der Waals surface area contributed by atoms with Gasteiger partial charge in [-0.2, -0.15) is 0 Å². The van der Waals surface area contributed by atoms with Crippen molar-refractivity contribution in [2.45, 2.75) is 0 Å². The first-order chi connectivity index (χ1) is 10.0. The molecule has 0 radical (unpaired) electrons. The van der Waals surface area contributed by atoms with Gasteiger partial charge in [0.15, 0.2) is 5.75 Å². The molecule has 0 heterocycles. The van der Waals surface area contributed by atoms with Crippen molar-refractivity contribution < 1.29 is 14.3 Å². The molecular weight excluding hydrogens is 270 g/mol. The van der Waals surface area contributed by atoms with E-state index in [-0.39, 0.29) is 22.6 Å². The maximum Gasteiger partial charge on any atom is 0.257 e. The third-order valence-electron chi connectivity index (χ3n) is 2.94. The number of hydrogen-bond acceptors (Lipinski definition) is 4. The van der Waals surface area contributed by atoms with Gasteiger partial charge in [0, 0.05) is 5.69 Å². The van der Waals surface area contributed by atoms with Crippen LogP contribution in [0.25, 0.3) is 0 Å². The highest BCUT2D eigenvalue weighted by molar-refractivity contribution is 6.10. The Morgan fingerprint density at radius 2 is 1.67 bits per heavy atom. The zero-order valence-corrected chi connectivity index (χ0v) is 11.4. The van der Waals surface area contributed by atoms with E-state index in [1.54, 1.807) is 24.3 Å². The molecule has 0 atom stereocenters. The van der Waals surface area contributed by atoms with E-state index < -0.39 is 11.8 Å². The number of amides is 2. The Morgan fingerprint density at radius 1 is 1.05 bits per heavy atom. The van der Waals surface area contributed by atoms with Crippen LogP contribution in [0.4, 0.5) is 11.4 Å². The molecule has 0 bridgehead atoms.